The van der Waals surface area contributed by atoms with Crippen LogP contribution >= 0.6 is 0 Å². The van der Waals surface area contributed by atoms with Crippen LogP contribution in [0.15, 0.2) is 29.2 Å². The molecule has 10 heteroatoms. The number of aliphatic carboxylic acids is 1. The van der Waals surface area contributed by atoms with Gasteiger partial charge in [-0.3, -0.25) is 9.59 Å². The molecule has 1 fully saturated rings. The van der Waals surface area contributed by atoms with Crippen LogP contribution in [0, 0.1) is 11.8 Å². The monoisotopic (exact) mass is 424 g/mol. The molecule has 0 aliphatic carbocycles. The normalized spacial score (nSPS) is 21.0. The molecule has 1 aliphatic heterocycles. The fourth-order valence-corrected chi connectivity index (χ4v) is 4.79. The zero-order valence-corrected chi connectivity index (χ0v) is 17.2. The first kappa shape index (κ1) is 22.7. The predicted molar refractivity (Wildman–Crippen MR) is 104 cm³/mol. The molecule has 0 bridgehead atoms. The topological polar surface area (TPSA) is 124 Å². The Kier molecular flexibility index (Phi) is 7.24. The van der Waals surface area contributed by atoms with Crippen molar-refractivity contribution in [1.29, 1.82) is 0 Å². The molecule has 0 aromatic heterocycles. The summed E-state index contributed by atoms with van der Waals surface area (Å²) in [4.78, 5) is 24.8. The van der Waals surface area contributed by atoms with Crippen LogP contribution in [-0.2, 0) is 19.6 Å². The Morgan fingerprint density at radius 2 is 1.90 bits per heavy atom. The number of aliphatic hydroxyl groups excluding tert-OH is 1. The van der Waals surface area contributed by atoms with E-state index in [-0.39, 0.29) is 30.5 Å². The highest BCUT2D eigenvalue weighted by Gasteiger charge is 2.45. The summed E-state index contributed by atoms with van der Waals surface area (Å²) in [5.41, 5.74) is 0. The maximum absolute atomic E-state index is 13.0. The first-order valence-electron chi connectivity index (χ1n) is 8.97. The van der Waals surface area contributed by atoms with Crippen LogP contribution in [0.25, 0.3) is 0 Å². The minimum absolute atomic E-state index is 0.0304. The molecule has 2 N–H and O–H groups in total. The third kappa shape index (κ3) is 5.26. The molecule has 3 unspecified atom stereocenters. The van der Waals surface area contributed by atoms with Gasteiger partial charge in [0.25, 0.3) is 0 Å². The maximum Gasteiger partial charge on any atom is 0.324 e. The van der Waals surface area contributed by atoms with Gasteiger partial charge in [0, 0.05) is 20.0 Å². The second-order valence-corrected chi connectivity index (χ2v) is 8.50. The first-order valence-corrected chi connectivity index (χ1v) is 10.4. The molecule has 0 radical (unpaired) electrons. The molecule has 1 saturated heterocycles. The molecule has 1 aromatic carbocycles. The Labute approximate surface area is 169 Å². The number of hydrogen-bond donors (Lipinski definition) is 2. The van der Waals surface area contributed by atoms with Crippen molar-refractivity contribution in [2.24, 2.45) is 0 Å². The van der Waals surface area contributed by atoms with Crippen LogP contribution < -0.4 is 4.74 Å². The van der Waals surface area contributed by atoms with Crippen molar-refractivity contribution in [1.82, 2.24) is 9.21 Å². The zero-order valence-electron chi connectivity index (χ0n) is 16.4. The largest absolute Gasteiger partial charge is 0.481 e. The standard InChI is InChI=1S/C19H24N2O7S/c1-13(22)5-4-12-28-16-6-8-17(9-7-16)29(26,27)21-11-10-20(15(3)23)14(2)18(21)19(24)25/h6-9,13-14,18,22H,10-12H2,1-3H3,(H,24,25). The van der Waals surface area contributed by atoms with Gasteiger partial charge in [0.2, 0.25) is 15.9 Å². The lowest BCUT2D eigenvalue weighted by atomic mass is 10.1. The highest BCUT2D eigenvalue weighted by molar-refractivity contribution is 7.89. The van der Waals surface area contributed by atoms with Gasteiger partial charge >= 0.3 is 5.97 Å². The van der Waals surface area contributed by atoms with Crippen molar-refractivity contribution in [3.05, 3.63) is 24.3 Å². The minimum Gasteiger partial charge on any atom is -0.481 e. The van der Waals surface area contributed by atoms with E-state index in [1.807, 2.05) is 0 Å². The van der Waals surface area contributed by atoms with Gasteiger partial charge in [0.1, 0.15) is 24.5 Å². The molecule has 3 atom stereocenters. The van der Waals surface area contributed by atoms with Crippen molar-refractivity contribution in [3.8, 4) is 17.6 Å². The lowest BCUT2D eigenvalue weighted by molar-refractivity contribution is -0.148. The third-order valence-electron chi connectivity index (χ3n) is 4.53. The maximum atomic E-state index is 13.0. The summed E-state index contributed by atoms with van der Waals surface area (Å²) in [5.74, 6) is 3.90. The molecule has 1 amide bonds. The van der Waals surface area contributed by atoms with E-state index >= 15 is 0 Å². The zero-order chi connectivity index (χ0) is 21.8. The number of rotatable bonds is 5. The fourth-order valence-electron chi connectivity index (χ4n) is 3.16. The summed E-state index contributed by atoms with van der Waals surface area (Å²) in [6.45, 7) is 4.40. The second-order valence-electron chi connectivity index (χ2n) is 6.61. The number of hydrogen-bond acceptors (Lipinski definition) is 6. The van der Waals surface area contributed by atoms with Crippen molar-refractivity contribution in [2.45, 2.75) is 43.9 Å². The van der Waals surface area contributed by atoms with E-state index in [2.05, 4.69) is 11.8 Å². The summed E-state index contributed by atoms with van der Waals surface area (Å²) in [7, 11) is -4.09. The molecule has 9 nitrogen and oxygen atoms in total. The first-order chi connectivity index (χ1) is 13.6. The highest BCUT2D eigenvalue weighted by atomic mass is 32.2. The number of ether oxygens (including phenoxy) is 1. The molecule has 29 heavy (non-hydrogen) atoms. The lowest BCUT2D eigenvalue weighted by Gasteiger charge is -2.43. The van der Waals surface area contributed by atoms with Crippen LogP contribution in [0.2, 0.25) is 0 Å². The quantitative estimate of drug-likeness (QED) is 0.645. The van der Waals surface area contributed by atoms with Crippen LogP contribution in [0.1, 0.15) is 20.8 Å². The van der Waals surface area contributed by atoms with Crippen molar-refractivity contribution in [2.75, 3.05) is 19.7 Å². The van der Waals surface area contributed by atoms with Crippen molar-refractivity contribution < 1.29 is 33.0 Å². The second kappa shape index (κ2) is 9.26. The number of carboxylic acids is 1. The van der Waals surface area contributed by atoms with E-state index in [1.165, 1.54) is 49.9 Å². The number of amides is 1. The number of aliphatic hydroxyl groups is 1. The number of benzene rings is 1. The predicted octanol–water partition coefficient (Wildman–Crippen LogP) is 0.144. The number of carboxylic acid groups (broad SMARTS) is 1. The summed E-state index contributed by atoms with van der Waals surface area (Å²) in [5, 5.41) is 18.7. The van der Waals surface area contributed by atoms with Gasteiger partial charge < -0.3 is 19.8 Å². The van der Waals surface area contributed by atoms with Gasteiger partial charge in [0.15, 0.2) is 0 Å². The van der Waals surface area contributed by atoms with Gasteiger partial charge in [-0.05, 0) is 38.1 Å². The van der Waals surface area contributed by atoms with Gasteiger partial charge in [-0.1, -0.05) is 11.8 Å². The fraction of sp³-hybridized carbons (Fsp3) is 0.474. The van der Waals surface area contributed by atoms with E-state index in [0.29, 0.717) is 5.75 Å². The average molecular weight is 424 g/mol. The minimum atomic E-state index is -4.09. The molecule has 1 aliphatic rings. The third-order valence-corrected chi connectivity index (χ3v) is 6.42. The number of piperazine rings is 1. The number of sulfonamides is 1. The van der Waals surface area contributed by atoms with Gasteiger partial charge in [0.05, 0.1) is 10.9 Å². The number of carbonyl (C=O) groups is 2. The van der Waals surface area contributed by atoms with Crippen LogP contribution in [0.3, 0.4) is 0 Å². The summed E-state index contributed by atoms with van der Waals surface area (Å²) in [6.07, 6.45) is -0.765. The van der Waals surface area contributed by atoms with E-state index < -0.39 is 34.2 Å². The van der Waals surface area contributed by atoms with Gasteiger partial charge in [-0.25, -0.2) is 8.42 Å². The molecule has 158 valence electrons. The molecule has 0 spiro atoms. The Morgan fingerprint density at radius 1 is 1.28 bits per heavy atom. The van der Waals surface area contributed by atoms with Crippen LogP contribution in [-0.4, -0.2) is 77.6 Å². The molecular formula is C19H24N2O7S. The van der Waals surface area contributed by atoms with Crippen LogP contribution in [0.5, 0.6) is 5.75 Å². The van der Waals surface area contributed by atoms with Crippen molar-refractivity contribution >= 4 is 21.9 Å². The molecule has 0 saturated carbocycles. The van der Waals surface area contributed by atoms with E-state index in [4.69, 9.17) is 9.84 Å². The molecule has 1 heterocycles. The SMILES string of the molecule is CC(=O)N1CCN(S(=O)(=O)c2ccc(OCC#CC(C)O)cc2)C(C(=O)O)C1C. The Bertz CT molecular complexity index is 916. The Hall–Kier alpha value is -2.61. The molecule has 1 aromatic rings. The molecule has 2 rings (SSSR count). The highest BCUT2D eigenvalue weighted by Crippen LogP contribution is 2.26. The van der Waals surface area contributed by atoms with E-state index in [9.17, 15) is 23.1 Å². The molecular weight excluding hydrogens is 400 g/mol. The summed E-state index contributed by atoms with van der Waals surface area (Å²) >= 11 is 0. The summed E-state index contributed by atoms with van der Waals surface area (Å²) in [6, 6.07) is 3.36. The smallest absolute Gasteiger partial charge is 0.324 e. The van der Waals surface area contributed by atoms with Crippen LogP contribution in [0.4, 0.5) is 0 Å². The summed E-state index contributed by atoms with van der Waals surface area (Å²) < 4.78 is 32.4. The Balaban J connectivity index is 2.22. The number of carbonyl (C=O) groups excluding carboxylic acids is 1. The van der Waals surface area contributed by atoms with Gasteiger partial charge in [-0.15, -0.1) is 0 Å². The van der Waals surface area contributed by atoms with E-state index in [0.717, 1.165) is 4.31 Å². The van der Waals surface area contributed by atoms with Gasteiger partial charge in [-0.2, -0.15) is 4.31 Å². The Morgan fingerprint density at radius 3 is 2.41 bits per heavy atom. The van der Waals surface area contributed by atoms with E-state index in [1.54, 1.807) is 0 Å². The lowest BCUT2D eigenvalue weighted by Crippen LogP contribution is -2.63. The van der Waals surface area contributed by atoms with Crippen molar-refractivity contribution in [3.63, 3.8) is 0 Å². The average Bonchev–Trinajstić information content (AvgIpc) is 2.64. The number of nitrogens with zero attached hydrogens (tertiary/aromatic N) is 2.